The first-order chi connectivity index (χ1) is 18.6. The molecule has 3 aromatic carbocycles. The highest BCUT2D eigenvalue weighted by molar-refractivity contribution is 7.92. The monoisotopic (exact) mass is 591 g/mol. The van der Waals surface area contributed by atoms with Crippen LogP contribution in [0.2, 0.25) is 10.0 Å². The van der Waals surface area contributed by atoms with E-state index in [1.165, 1.54) is 36.3 Å². The average Bonchev–Trinajstić information content (AvgIpc) is 2.95. The molecule has 0 radical (unpaired) electrons. The lowest BCUT2D eigenvalue weighted by molar-refractivity contribution is -0.139. The summed E-state index contributed by atoms with van der Waals surface area (Å²) in [5.41, 5.74) is 0.752. The first kappa shape index (κ1) is 30.3. The summed E-state index contributed by atoms with van der Waals surface area (Å²) >= 11 is 12.7. The van der Waals surface area contributed by atoms with E-state index in [0.29, 0.717) is 17.9 Å². The van der Waals surface area contributed by atoms with Crippen molar-refractivity contribution in [3.8, 4) is 5.75 Å². The number of hydrogen-bond acceptors (Lipinski definition) is 5. The third-order valence-corrected chi connectivity index (χ3v) is 8.60. The maximum absolute atomic E-state index is 13.9. The molecule has 0 heterocycles. The Balaban J connectivity index is 2.06. The van der Waals surface area contributed by atoms with Crippen LogP contribution in [0.1, 0.15) is 25.8 Å². The lowest BCUT2D eigenvalue weighted by Gasteiger charge is -2.32. The van der Waals surface area contributed by atoms with Gasteiger partial charge in [0, 0.05) is 13.1 Å². The second-order valence-electron chi connectivity index (χ2n) is 8.74. The number of rotatable bonds is 12. The molecule has 0 saturated heterocycles. The van der Waals surface area contributed by atoms with Crippen molar-refractivity contribution in [3.63, 3.8) is 0 Å². The summed E-state index contributed by atoms with van der Waals surface area (Å²) in [4.78, 5) is 28.2. The van der Waals surface area contributed by atoms with Crippen LogP contribution in [0.25, 0.3) is 0 Å². The van der Waals surface area contributed by atoms with Gasteiger partial charge in [-0.2, -0.15) is 0 Å². The van der Waals surface area contributed by atoms with Crippen LogP contribution in [0.4, 0.5) is 5.69 Å². The summed E-state index contributed by atoms with van der Waals surface area (Å²) in [6, 6.07) is 18.5. The van der Waals surface area contributed by atoms with Gasteiger partial charge in [-0.05, 0) is 55.3 Å². The fourth-order valence-electron chi connectivity index (χ4n) is 3.86. The molecule has 3 rings (SSSR count). The number of amides is 2. The molecule has 0 saturated carbocycles. The molecule has 1 N–H and O–H groups in total. The molecule has 0 aliphatic heterocycles. The Kier molecular flexibility index (Phi) is 10.6. The van der Waals surface area contributed by atoms with Crippen molar-refractivity contribution in [1.82, 2.24) is 10.2 Å². The van der Waals surface area contributed by atoms with Gasteiger partial charge in [0.05, 0.1) is 27.7 Å². The number of methoxy groups -OCH3 is 1. The molecule has 208 valence electrons. The Morgan fingerprint density at radius 2 is 1.69 bits per heavy atom. The van der Waals surface area contributed by atoms with E-state index < -0.39 is 28.5 Å². The van der Waals surface area contributed by atoms with E-state index >= 15 is 0 Å². The molecule has 0 aliphatic rings. The standard InChI is InChI=1S/C28H31Cl2N3O5S/c1-4-16-31-28(35)20(2)32(18-21-10-8-11-22(17-21)38-3)26(34)19-33(25-15-9-14-24(29)27(25)30)39(36,37)23-12-6-5-7-13-23/h5-15,17,20H,4,16,18-19H2,1-3H3,(H,31,35)/t20-/m0/s1. The highest BCUT2D eigenvalue weighted by Crippen LogP contribution is 2.35. The molecule has 2 amide bonds. The zero-order chi connectivity index (χ0) is 28.6. The number of hydrogen-bond donors (Lipinski definition) is 1. The van der Waals surface area contributed by atoms with Gasteiger partial charge in [0.15, 0.2) is 0 Å². The highest BCUT2D eigenvalue weighted by Gasteiger charge is 2.33. The van der Waals surface area contributed by atoms with Crippen LogP contribution in [0.5, 0.6) is 5.75 Å². The summed E-state index contributed by atoms with van der Waals surface area (Å²) in [7, 11) is -2.71. The molecule has 1 atom stereocenters. The molecular weight excluding hydrogens is 561 g/mol. The summed E-state index contributed by atoms with van der Waals surface area (Å²) < 4.78 is 33.8. The van der Waals surface area contributed by atoms with Crippen molar-refractivity contribution in [2.45, 2.75) is 37.8 Å². The SMILES string of the molecule is CCCNC(=O)[C@H](C)N(Cc1cccc(OC)c1)C(=O)CN(c1cccc(Cl)c1Cl)S(=O)(=O)c1ccccc1. The van der Waals surface area contributed by atoms with Gasteiger partial charge < -0.3 is 15.0 Å². The molecule has 3 aromatic rings. The van der Waals surface area contributed by atoms with E-state index in [-0.39, 0.29) is 33.1 Å². The Bertz CT molecular complexity index is 1400. The van der Waals surface area contributed by atoms with E-state index in [4.69, 9.17) is 27.9 Å². The maximum Gasteiger partial charge on any atom is 0.264 e. The molecule has 0 aromatic heterocycles. The predicted octanol–water partition coefficient (Wildman–Crippen LogP) is 5.14. The van der Waals surface area contributed by atoms with Crippen LogP contribution < -0.4 is 14.4 Å². The number of anilines is 1. The minimum atomic E-state index is -4.24. The van der Waals surface area contributed by atoms with Gasteiger partial charge in [0.1, 0.15) is 18.3 Å². The molecular formula is C28H31Cl2N3O5S. The fourth-order valence-corrected chi connectivity index (χ4v) is 5.76. The normalized spacial score (nSPS) is 11.9. The molecule has 0 unspecified atom stereocenters. The Labute approximate surface area is 239 Å². The predicted molar refractivity (Wildman–Crippen MR) is 154 cm³/mol. The first-order valence-electron chi connectivity index (χ1n) is 12.3. The van der Waals surface area contributed by atoms with E-state index in [0.717, 1.165) is 10.7 Å². The third kappa shape index (κ3) is 7.44. The maximum atomic E-state index is 13.9. The molecule has 0 fully saturated rings. The number of nitrogens with one attached hydrogen (secondary N) is 1. The molecule has 0 bridgehead atoms. The van der Waals surface area contributed by atoms with Gasteiger partial charge in [-0.1, -0.05) is 66.5 Å². The quantitative estimate of drug-likeness (QED) is 0.314. The van der Waals surface area contributed by atoms with Crippen LogP contribution in [-0.4, -0.2) is 51.4 Å². The smallest absolute Gasteiger partial charge is 0.264 e. The zero-order valence-electron chi connectivity index (χ0n) is 21.9. The number of halogens is 2. The largest absolute Gasteiger partial charge is 0.497 e. The van der Waals surface area contributed by atoms with Gasteiger partial charge in [0.2, 0.25) is 11.8 Å². The summed E-state index contributed by atoms with van der Waals surface area (Å²) in [6.07, 6.45) is 0.721. The minimum absolute atomic E-state index is 0.0143. The second-order valence-corrected chi connectivity index (χ2v) is 11.4. The Morgan fingerprint density at radius 1 is 1.00 bits per heavy atom. The van der Waals surface area contributed by atoms with Gasteiger partial charge >= 0.3 is 0 Å². The van der Waals surface area contributed by atoms with Crippen LogP contribution >= 0.6 is 23.2 Å². The molecule has 39 heavy (non-hydrogen) atoms. The number of nitrogens with zero attached hydrogens (tertiary/aromatic N) is 2. The number of carbonyl (C=O) groups excluding carboxylic acids is 2. The Hall–Kier alpha value is -3.27. The van der Waals surface area contributed by atoms with Crippen LogP contribution in [0.3, 0.4) is 0 Å². The number of sulfonamides is 1. The number of carbonyl (C=O) groups is 2. The van der Waals surface area contributed by atoms with Crippen molar-refractivity contribution >= 4 is 50.7 Å². The number of ether oxygens (including phenoxy) is 1. The summed E-state index contributed by atoms with van der Waals surface area (Å²) in [6.45, 7) is 3.39. The molecule has 0 aliphatic carbocycles. The van der Waals surface area contributed by atoms with E-state index in [1.807, 2.05) is 6.92 Å². The zero-order valence-corrected chi connectivity index (χ0v) is 24.3. The van der Waals surface area contributed by atoms with Crippen molar-refractivity contribution in [3.05, 3.63) is 88.4 Å². The molecule has 11 heteroatoms. The van der Waals surface area contributed by atoms with E-state index in [9.17, 15) is 18.0 Å². The second kappa shape index (κ2) is 13.7. The van der Waals surface area contributed by atoms with E-state index in [1.54, 1.807) is 55.5 Å². The third-order valence-electron chi connectivity index (χ3n) is 6.01. The molecule has 0 spiro atoms. The van der Waals surface area contributed by atoms with Crippen LogP contribution in [-0.2, 0) is 26.2 Å². The van der Waals surface area contributed by atoms with Gasteiger partial charge in [-0.25, -0.2) is 8.42 Å². The van der Waals surface area contributed by atoms with Crippen molar-refractivity contribution < 1.29 is 22.7 Å². The summed E-state index contributed by atoms with van der Waals surface area (Å²) in [5.74, 6) is -0.374. The molecule has 8 nitrogen and oxygen atoms in total. The summed E-state index contributed by atoms with van der Waals surface area (Å²) in [5, 5.41) is 2.93. The lowest BCUT2D eigenvalue weighted by atomic mass is 10.1. The lowest BCUT2D eigenvalue weighted by Crippen LogP contribution is -2.51. The highest BCUT2D eigenvalue weighted by atomic mass is 35.5. The Morgan fingerprint density at radius 3 is 2.36 bits per heavy atom. The van der Waals surface area contributed by atoms with Crippen LogP contribution in [0, 0.1) is 0 Å². The van der Waals surface area contributed by atoms with Gasteiger partial charge in [0.25, 0.3) is 10.0 Å². The van der Waals surface area contributed by atoms with Crippen LogP contribution in [0.15, 0.2) is 77.7 Å². The van der Waals surface area contributed by atoms with Crippen molar-refractivity contribution in [2.24, 2.45) is 0 Å². The average molecular weight is 593 g/mol. The number of benzene rings is 3. The van der Waals surface area contributed by atoms with E-state index in [2.05, 4.69) is 5.32 Å². The minimum Gasteiger partial charge on any atom is -0.497 e. The first-order valence-corrected chi connectivity index (χ1v) is 14.5. The topological polar surface area (TPSA) is 96.0 Å². The fraction of sp³-hybridized carbons (Fsp3) is 0.286. The van der Waals surface area contributed by atoms with Gasteiger partial charge in [-0.15, -0.1) is 0 Å². The van der Waals surface area contributed by atoms with Crippen molar-refractivity contribution in [2.75, 3.05) is 24.5 Å². The van der Waals surface area contributed by atoms with Gasteiger partial charge in [-0.3, -0.25) is 13.9 Å². The van der Waals surface area contributed by atoms with Crippen molar-refractivity contribution in [1.29, 1.82) is 0 Å².